The van der Waals surface area contributed by atoms with Gasteiger partial charge in [-0.2, -0.15) is 0 Å². The Kier molecular flexibility index (Phi) is 5.78. The first-order valence-electron chi connectivity index (χ1n) is 7.64. The summed E-state index contributed by atoms with van der Waals surface area (Å²) >= 11 is 0. The largest absolute Gasteiger partial charge is 0.364 e. The van der Waals surface area contributed by atoms with E-state index in [1.54, 1.807) is 24.3 Å². The molecule has 1 heterocycles. The summed E-state index contributed by atoms with van der Waals surface area (Å²) in [6.45, 7) is 4.08. The van der Waals surface area contributed by atoms with Crippen molar-refractivity contribution in [3.8, 4) is 0 Å². The quantitative estimate of drug-likeness (QED) is 0.330. The summed E-state index contributed by atoms with van der Waals surface area (Å²) in [7, 11) is 0. The van der Waals surface area contributed by atoms with Crippen molar-refractivity contribution in [2.45, 2.75) is 26.7 Å². The molecule has 0 unspecified atom stereocenters. The van der Waals surface area contributed by atoms with E-state index in [9.17, 15) is 14.9 Å². The lowest BCUT2D eigenvalue weighted by Gasteiger charge is -2.10. The molecule has 0 spiro atoms. The summed E-state index contributed by atoms with van der Waals surface area (Å²) in [5.74, 6) is 0.168. The van der Waals surface area contributed by atoms with Crippen LogP contribution in [0.25, 0.3) is 0 Å². The van der Waals surface area contributed by atoms with Crippen LogP contribution in [0, 0.1) is 10.1 Å². The maximum Gasteiger partial charge on any atom is 0.353 e. The number of rotatable bonds is 8. The van der Waals surface area contributed by atoms with Crippen LogP contribution in [0.15, 0.2) is 30.6 Å². The molecule has 2 rings (SSSR count). The maximum absolute atomic E-state index is 11.5. The van der Waals surface area contributed by atoms with E-state index in [1.807, 2.05) is 6.92 Å². The average Bonchev–Trinajstić information content (AvgIpc) is 2.55. The molecule has 0 amide bonds. The standard InChI is InChI=1S/C16H19N5O3/c1-3-4-8-17-15-14(21(23)24)16(19-10-18-15)20-13-7-5-6-12(9-13)11(2)22/h5-7,9-10H,3-4,8H2,1-2H3,(H2,17,18,19,20). The van der Waals surface area contributed by atoms with Crippen molar-refractivity contribution in [1.82, 2.24) is 9.97 Å². The van der Waals surface area contributed by atoms with Gasteiger partial charge in [-0.15, -0.1) is 0 Å². The van der Waals surface area contributed by atoms with E-state index in [0.29, 0.717) is 17.8 Å². The molecule has 2 N–H and O–H groups in total. The molecule has 2 aromatic rings. The SMILES string of the molecule is CCCCNc1ncnc(Nc2cccc(C(C)=O)c2)c1[N+](=O)[O-]. The second-order valence-corrected chi connectivity index (χ2v) is 5.22. The number of unbranched alkanes of at least 4 members (excludes halogenated alkanes) is 1. The van der Waals surface area contributed by atoms with Gasteiger partial charge in [-0.1, -0.05) is 25.5 Å². The molecule has 0 aliphatic carbocycles. The Morgan fingerprint density at radius 1 is 1.29 bits per heavy atom. The van der Waals surface area contributed by atoms with E-state index < -0.39 is 4.92 Å². The van der Waals surface area contributed by atoms with Crippen molar-refractivity contribution < 1.29 is 9.72 Å². The Hall–Kier alpha value is -3.03. The molecule has 0 radical (unpaired) electrons. The van der Waals surface area contributed by atoms with Crippen LogP contribution in [-0.4, -0.2) is 27.2 Å². The molecule has 126 valence electrons. The number of hydrogen-bond donors (Lipinski definition) is 2. The van der Waals surface area contributed by atoms with Crippen LogP contribution in [0.1, 0.15) is 37.0 Å². The van der Waals surface area contributed by atoms with E-state index in [0.717, 1.165) is 12.8 Å². The number of nitro groups is 1. The molecule has 0 aliphatic heterocycles. The summed E-state index contributed by atoms with van der Waals surface area (Å²) in [6.07, 6.45) is 3.11. The fraction of sp³-hybridized carbons (Fsp3) is 0.312. The highest BCUT2D eigenvalue weighted by Gasteiger charge is 2.23. The minimum absolute atomic E-state index is 0.0784. The number of anilines is 3. The molecular weight excluding hydrogens is 310 g/mol. The Morgan fingerprint density at radius 2 is 2.04 bits per heavy atom. The molecule has 0 fully saturated rings. The number of hydrogen-bond acceptors (Lipinski definition) is 7. The highest BCUT2D eigenvalue weighted by molar-refractivity contribution is 5.95. The number of carbonyl (C=O) groups excluding carboxylic acids is 1. The third-order valence-electron chi connectivity index (χ3n) is 3.36. The summed E-state index contributed by atoms with van der Waals surface area (Å²) in [4.78, 5) is 30.3. The van der Waals surface area contributed by atoms with Gasteiger partial charge in [0.25, 0.3) is 0 Å². The normalized spacial score (nSPS) is 10.2. The summed E-state index contributed by atoms with van der Waals surface area (Å²) < 4.78 is 0. The molecule has 24 heavy (non-hydrogen) atoms. The molecule has 1 aromatic heterocycles. The number of Topliss-reactive ketones (excluding diaryl/α,β-unsaturated/α-hetero) is 1. The molecule has 0 bridgehead atoms. The fourth-order valence-corrected chi connectivity index (χ4v) is 2.11. The predicted octanol–water partition coefficient (Wildman–Crippen LogP) is 3.54. The van der Waals surface area contributed by atoms with Crippen LogP contribution in [0.3, 0.4) is 0 Å². The topological polar surface area (TPSA) is 110 Å². The van der Waals surface area contributed by atoms with Gasteiger partial charge in [0, 0.05) is 17.8 Å². The number of benzene rings is 1. The number of aromatic nitrogens is 2. The van der Waals surface area contributed by atoms with Gasteiger partial charge < -0.3 is 10.6 Å². The second kappa shape index (κ2) is 8.00. The summed E-state index contributed by atoms with van der Waals surface area (Å²) in [5.41, 5.74) is 0.837. The van der Waals surface area contributed by atoms with E-state index in [2.05, 4.69) is 20.6 Å². The van der Waals surface area contributed by atoms with Crippen LogP contribution < -0.4 is 10.6 Å². The number of carbonyl (C=O) groups is 1. The molecule has 8 heteroatoms. The molecule has 0 aliphatic rings. The summed E-state index contributed by atoms with van der Waals surface area (Å²) in [5, 5.41) is 17.3. The highest BCUT2D eigenvalue weighted by Crippen LogP contribution is 2.31. The van der Waals surface area contributed by atoms with Crippen molar-refractivity contribution in [1.29, 1.82) is 0 Å². The number of nitrogens with one attached hydrogen (secondary N) is 2. The Labute approximate surface area is 139 Å². The Bertz CT molecular complexity index is 748. The van der Waals surface area contributed by atoms with Crippen molar-refractivity contribution in [2.75, 3.05) is 17.2 Å². The molecule has 1 aromatic carbocycles. The lowest BCUT2D eigenvalue weighted by Crippen LogP contribution is -2.09. The smallest absolute Gasteiger partial charge is 0.353 e. The summed E-state index contributed by atoms with van der Waals surface area (Å²) in [6, 6.07) is 6.72. The number of nitrogens with zero attached hydrogens (tertiary/aromatic N) is 3. The van der Waals surface area contributed by atoms with Gasteiger partial charge >= 0.3 is 5.69 Å². The fourth-order valence-electron chi connectivity index (χ4n) is 2.11. The van der Waals surface area contributed by atoms with Crippen LogP contribution >= 0.6 is 0 Å². The van der Waals surface area contributed by atoms with E-state index in [4.69, 9.17) is 0 Å². The highest BCUT2D eigenvalue weighted by atomic mass is 16.6. The van der Waals surface area contributed by atoms with Gasteiger partial charge in [0.15, 0.2) is 5.78 Å². The maximum atomic E-state index is 11.5. The molecule has 0 saturated carbocycles. The first-order valence-corrected chi connectivity index (χ1v) is 7.64. The van der Waals surface area contributed by atoms with Crippen LogP contribution in [0.2, 0.25) is 0 Å². The van der Waals surface area contributed by atoms with Crippen molar-refractivity contribution >= 4 is 28.8 Å². The zero-order valence-corrected chi connectivity index (χ0v) is 13.6. The van der Waals surface area contributed by atoms with E-state index >= 15 is 0 Å². The Balaban J connectivity index is 2.32. The zero-order chi connectivity index (χ0) is 17.5. The van der Waals surface area contributed by atoms with Gasteiger partial charge in [0.1, 0.15) is 6.33 Å². The molecule has 8 nitrogen and oxygen atoms in total. The Morgan fingerprint density at radius 3 is 2.71 bits per heavy atom. The molecule has 0 saturated heterocycles. The van der Waals surface area contributed by atoms with Crippen molar-refractivity contribution in [3.63, 3.8) is 0 Å². The van der Waals surface area contributed by atoms with E-state index in [1.165, 1.54) is 13.3 Å². The van der Waals surface area contributed by atoms with Crippen molar-refractivity contribution in [2.24, 2.45) is 0 Å². The molecule has 0 atom stereocenters. The van der Waals surface area contributed by atoms with Crippen LogP contribution in [0.5, 0.6) is 0 Å². The third kappa shape index (κ3) is 4.25. The zero-order valence-electron chi connectivity index (χ0n) is 13.6. The van der Waals surface area contributed by atoms with E-state index in [-0.39, 0.29) is 23.1 Å². The second-order valence-electron chi connectivity index (χ2n) is 5.22. The lowest BCUT2D eigenvalue weighted by molar-refractivity contribution is -0.383. The minimum atomic E-state index is -0.522. The van der Waals surface area contributed by atoms with Gasteiger partial charge in [-0.3, -0.25) is 14.9 Å². The predicted molar refractivity (Wildman–Crippen MR) is 91.8 cm³/mol. The first kappa shape index (κ1) is 17.3. The monoisotopic (exact) mass is 329 g/mol. The molecular formula is C16H19N5O3. The number of ketones is 1. The minimum Gasteiger partial charge on any atom is -0.364 e. The van der Waals surface area contributed by atoms with Crippen molar-refractivity contribution in [3.05, 3.63) is 46.3 Å². The van der Waals surface area contributed by atoms with Gasteiger partial charge in [-0.05, 0) is 25.5 Å². The average molecular weight is 329 g/mol. The van der Waals surface area contributed by atoms with Gasteiger partial charge in [-0.25, -0.2) is 9.97 Å². The third-order valence-corrected chi connectivity index (χ3v) is 3.36. The lowest BCUT2D eigenvalue weighted by atomic mass is 10.1. The van der Waals surface area contributed by atoms with Gasteiger partial charge in [0.05, 0.1) is 4.92 Å². The first-order chi connectivity index (χ1) is 11.5. The van der Waals surface area contributed by atoms with Crippen LogP contribution in [-0.2, 0) is 0 Å². The van der Waals surface area contributed by atoms with Gasteiger partial charge in [0.2, 0.25) is 11.6 Å². The van der Waals surface area contributed by atoms with Crippen LogP contribution in [0.4, 0.5) is 23.0 Å².